The summed E-state index contributed by atoms with van der Waals surface area (Å²) in [5.41, 5.74) is 6.24. The first-order chi connectivity index (χ1) is 15.7. The van der Waals surface area contributed by atoms with Crippen molar-refractivity contribution in [2.75, 3.05) is 5.32 Å². The zero-order valence-corrected chi connectivity index (χ0v) is 19.6. The zero-order valence-electron chi connectivity index (χ0n) is 19.6. The Kier molecular flexibility index (Phi) is 6.05. The Hall–Kier alpha value is -3.87. The average Bonchev–Trinajstić information content (AvgIpc) is 3.17. The van der Waals surface area contributed by atoms with E-state index in [0.29, 0.717) is 17.8 Å². The van der Waals surface area contributed by atoms with Gasteiger partial charge in [-0.15, -0.1) is 0 Å². The Morgan fingerprint density at radius 3 is 2.58 bits per heavy atom. The fourth-order valence-electron chi connectivity index (χ4n) is 3.58. The molecule has 1 amide bonds. The number of carbonyl (C=O) groups excluding carboxylic acids is 1. The van der Waals surface area contributed by atoms with E-state index >= 15 is 0 Å². The molecule has 0 radical (unpaired) electrons. The Labute approximate surface area is 193 Å². The van der Waals surface area contributed by atoms with E-state index in [-0.39, 0.29) is 11.3 Å². The van der Waals surface area contributed by atoms with Gasteiger partial charge in [-0.25, -0.2) is 9.97 Å². The number of hydrogen-bond donors (Lipinski definition) is 1. The molecule has 0 fully saturated rings. The van der Waals surface area contributed by atoms with Gasteiger partial charge in [-0.2, -0.15) is 5.10 Å². The Balaban J connectivity index is 1.60. The van der Waals surface area contributed by atoms with E-state index in [1.165, 1.54) is 6.33 Å². The van der Waals surface area contributed by atoms with Crippen molar-refractivity contribution in [3.05, 3.63) is 89.3 Å². The summed E-state index contributed by atoms with van der Waals surface area (Å²) in [4.78, 5) is 26.0. The third-order valence-corrected chi connectivity index (χ3v) is 5.61. The van der Waals surface area contributed by atoms with Gasteiger partial charge in [-0.1, -0.05) is 26.8 Å². The first-order valence-corrected chi connectivity index (χ1v) is 10.9. The molecule has 3 heterocycles. The second-order valence-corrected chi connectivity index (χ2v) is 9.15. The van der Waals surface area contributed by atoms with Crippen LogP contribution in [0.25, 0.3) is 11.3 Å². The maximum absolute atomic E-state index is 13.0. The van der Waals surface area contributed by atoms with E-state index in [2.05, 4.69) is 46.1 Å². The molecule has 1 aromatic carbocycles. The number of rotatable bonds is 5. The van der Waals surface area contributed by atoms with Crippen LogP contribution in [0.4, 0.5) is 5.82 Å². The Bertz CT molecular complexity index is 1290. The van der Waals surface area contributed by atoms with Crippen LogP contribution in [0.2, 0.25) is 0 Å². The van der Waals surface area contributed by atoms with Crippen molar-refractivity contribution in [3.8, 4) is 11.3 Å². The minimum atomic E-state index is -0.170. The highest BCUT2D eigenvalue weighted by molar-refractivity contribution is 6.04. The predicted octanol–water partition coefficient (Wildman–Crippen LogP) is 4.72. The van der Waals surface area contributed by atoms with Crippen LogP contribution in [0.5, 0.6) is 0 Å². The summed E-state index contributed by atoms with van der Waals surface area (Å²) in [5.74, 6) is 0.500. The van der Waals surface area contributed by atoms with Crippen molar-refractivity contribution in [1.82, 2.24) is 24.7 Å². The molecule has 3 aromatic heterocycles. The van der Waals surface area contributed by atoms with Gasteiger partial charge in [0, 0.05) is 48.5 Å². The van der Waals surface area contributed by atoms with Crippen LogP contribution in [0, 0.1) is 6.92 Å². The summed E-state index contributed by atoms with van der Waals surface area (Å²) < 4.78 is 1.70. The number of benzene rings is 1. The number of amides is 1. The topological polar surface area (TPSA) is 85.6 Å². The van der Waals surface area contributed by atoms with Crippen molar-refractivity contribution in [1.29, 1.82) is 0 Å². The molecular weight excluding hydrogens is 412 g/mol. The number of pyridine rings is 1. The molecule has 0 aliphatic heterocycles. The van der Waals surface area contributed by atoms with Crippen LogP contribution in [0.15, 0.2) is 61.2 Å². The second-order valence-electron chi connectivity index (χ2n) is 9.15. The number of aromatic nitrogens is 5. The van der Waals surface area contributed by atoms with Gasteiger partial charge in [0.25, 0.3) is 5.91 Å². The van der Waals surface area contributed by atoms with E-state index in [4.69, 9.17) is 0 Å². The third-order valence-electron chi connectivity index (χ3n) is 5.61. The van der Waals surface area contributed by atoms with E-state index in [1.807, 2.05) is 56.4 Å². The van der Waals surface area contributed by atoms with E-state index in [1.54, 1.807) is 17.1 Å². The van der Waals surface area contributed by atoms with Gasteiger partial charge in [0.2, 0.25) is 0 Å². The molecule has 33 heavy (non-hydrogen) atoms. The fourth-order valence-corrected chi connectivity index (χ4v) is 3.58. The number of aryl methyl sites for hydroxylation is 2. The molecule has 4 rings (SSSR count). The lowest BCUT2D eigenvalue weighted by atomic mass is 9.92. The number of carbonyl (C=O) groups is 1. The summed E-state index contributed by atoms with van der Waals surface area (Å²) in [6.07, 6.45) is 5.62. The SMILES string of the molecule is Cc1ccc(C(=O)Nc2cc(C(C)(C)C)nn2C)cc1Cc1ncccc1-c1ccncn1. The van der Waals surface area contributed by atoms with E-state index < -0.39 is 0 Å². The van der Waals surface area contributed by atoms with Crippen molar-refractivity contribution >= 4 is 11.7 Å². The summed E-state index contributed by atoms with van der Waals surface area (Å²) in [6.45, 7) is 8.34. The molecule has 0 aliphatic carbocycles. The molecule has 0 spiro atoms. The molecule has 1 N–H and O–H groups in total. The lowest BCUT2D eigenvalue weighted by Crippen LogP contribution is -2.15. The third kappa shape index (κ3) is 4.98. The van der Waals surface area contributed by atoms with Crippen LogP contribution in [-0.4, -0.2) is 30.6 Å². The van der Waals surface area contributed by atoms with Crippen molar-refractivity contribution in [2.45, 2.75) is 39.5 Å². The molecule has 0 saturated heterocycles. The number of anilines is 1. The van der Waals surface area contributed by atoms with Crippen molar-refractivity contribution in [3.63, 3.8) is 0 Å². The monoisotopic (exact) mass is 440 g/mol. The first-order valence-electron chi connectivity index (χ1n) is 10.9. The number of hydrogen-bond acceptors (Lipinski definition) is 5. The highest BCUT2D eigenvalue weighted by atomic mass is 16.1. The molecule has 0 saturated carbocycles. The molecule has 168 valence electrons. The first kappa shape index (κ1) is 22.3. The molecule has 7 nitrogen and oxygen atoms in total. The minimum Gasteiger partial charge on any atom is -0.307 e. The van der Waals surface area contributed by atoms with Gasteiger partial charge in [-0.05, 0) is 48.4 Å². The zero-order chi connectivity index (χ0) is 23.6. The van der Waals surface area contributed by atoms with E-state index in [9.17, 15) is 4.79 Å². The highest BCUT2D eigenvalue weighted by Gasteiger charge is 2.20. The quantitative estimate of drug-likeness (QED) is 0.485. The number of nitrogens with zero attached hydrogens (tertiary/aromatic N) is 5. The largest absolute Gasteiger partial charge is 0.307 e. The lowest BCUT2D eigenvalue weighted by molar-refractivity contribution is 0.102. The molecule has 0 bridgehead atoms. The normalized spacial score (nSPS) is 11.4. The van der Waals surface area contributed by atoms with Gasteiger partial charge in [0.1, 0.15) is 12.1 Å². The lowest BCUT2D eigenvalue weighted by Gasteiger charge is -2.13. The Morgan fingerprint density at radius 1 is 1.06 bits per heavy atom. The Morgan fingerprint density at radius 2 is 1.88 bits per heavy atom. The second kappa shape index (κ2) is 8.94. The molecule has 0 unspecified atom stereocenters. The summed E-state index contributed by atoms with van der Waals surface area (Å²) in [5, 5.41) is 7.53. The minimum absolute atomic E-state index is 0.0954. The van der Waals surface area contributed by atoms with Gasteiger partial charge in [-0.3, -0.25) is 14.5 Å². The summed E-state index contributed by atoms with van der Waals surface area (Å²) in [6, 6.07) is 13.5. The summed E-state index contributed by atoms with van der Waals surface area (Å²) >= 11 is 0. The van der Waals surface area contributed by atoms with Crippen LogP contribution in [0.3, 0.4) is 0 Å². The molecule has 0 atom stereocenters. The van der Waals surface area contributed by atoms with Crippen LogP contribution in [0.1, 0.15) is 53.6 Å². The van der Waals surface area contributed by atoms with Gasteiger partial charge in [0.05, 0.1) is 17.1 Å². The van der Waals surface area contributed by atoms with Crippen LogP contribution < -0.4 is 5.32 Å². The molecule has 4 aromatic rings. The van der Waals surface area contributed by atoms with Crippen molar-refractivity contribution in [2.24, 2.45) is 7.05 Å². The predicted molar refractivity (Wildman–Crippen MR) is 129 cm³/mol. The fraction of sp³-hybridized carbons (Fsp3) is 0.269. The smallest absolute Gasteiger partial charge is 0.256 e. The molecular formula is C26H28N6O. The molecule has 7 heteroatoms. The van der Waals surface area contributed by atoms with Gasteiger partial charge >= 0.3 is 0 Å². The standard InChI is InChI=1S/C26H28N6O/c1-17-8-9-18(25(33)30-24-15-23(26(2,3)4)31-32(24)5)13-19(17)14-22-20(7-6-11-28-22)21-10-12-27-16-29-21/h6-13,15-16H,14H2,1-5H3,(H,30,33). The maximum atomic E-state index is 13.0. The van der Waals surface area contributed by atoms with Crippen LogP contribution in [-0.2, 0) is 18.9 Å². The number of nitrogens with one attached hydrogen (secondary N) is 1. The van der Waals surface area contributed by atoms with E-state index in [0.717, 1.165) is 33.8 Å². The maximum Gasteiger partial charge on any atom is 0.256 e. The average molecular weight is 441 g/mol. The summed E-state index contributed by atoms with van der Waals surface area (Å²) in [7, 11) is 1.83. The van der Waals surface area contributed by atoms with Crippen LogP contribution >= 0.6 is 0 Å². The highest BCUT2D eigenvalue weighted by Crippen LogP contribution is 2.25. The van der Waals surface area contributed by atoms with Gasteiger partial charge < -0.3 is 5.32 Å². The van der Waals surface area contributed by atoms with Crippen molar-refractivity contribution < 1.29 is 4.79 Å². The molecule has 0 aliphatic rings. The van der Waals surface area contributed by atoms with Gasteiger partial charge in [0.15, 0.2) is 0 Å².